The molecule has 22 heavy (non-hydrogen) atoms. The maximum atomic E-state index is 11.9. The fraction of sp³-hybridized carbons (Fsp3) is 0.471. The summed E-state index contributed by atoms with van der Waals surface area (Å²) < 4.78 is 5.44. The molecule has 5 nitrogen and oxygen atoms in total. The van der Waals surface area contributed by atoms with Crippen LogP contribution in [0.4, 0.5) is 4.79 Å². The summed E-state index contributed by atoms with van der Waals surface area (Å²) in [7, 11) is 0. The SMILES string of the molecule is C[C@H](O)CC(C)(C)CNC(=O)NCc1coc2ccccc12. The molecule has 0 bridgehead atoms. The number of aliphatic hydroxyl groups is 1. The molecule has 3 N–H and O–H groups in total. The number of aliphatic hydroxyl groups excluding tert-OH is 1. The first-order valence-corrected chi connectivity index (χ1v) is 7.52. The van der Waals surface area contributed by atoms with Crippen molar-refractivity contribution in [1.82, 2.24) is 10.6 Å². The number of furan rings is 1. The Kier molecular flexibility index (Phi) is 5.08. The van der Waals surface area contributed by atoms with Crippen LogP contribution in [0.15, 0.2) is 34.9 Å². The van der Waals surface area contributed by atoms with Gasteiger partial charge in [0.25, 0.3) is 0 Å². The number of benzene rings is 1. The number of amides is 2. The summed E-state index contributed by atoms with van der Waals surface area (Å²) in [5.74, 6) is 0. The molecular weight excluding hydrogens is 280 g/mol. The molecule has 0 spiro atoms. The van der Waals surface area contributed by atoms with Crippen LogP contribution < -0.4 is 10.6 Å². The standard InChI is InChI=1S/C17H24N2O3/c1-12(20)8-17(2,3)11-19-16(21)18-9-13-10-22-15-7-5-4-6-14(13)15/h4-7,10,12,20H,8-9,11H2,1-3H3,(H2,18,19,21)/t12-/m0/s1. The van der Waals surface area contributed by atoms with Gasteiger partial charge in [-0.2, -0.15) is 0 Å². The fourth-order valence-corrected chi connectivity index (χ4v) is 2.60. The zero-order chi connectivity index (χ0) is 16.2. The van der Waals surface area contributed by atoms with E-state index in [1.165, 1.54) is 0 Å². The zero-order valence-electron chi connectivity index (χ0n) is 13.3. The molecule has 1 heterocycles. The molecule has 2 aromatic rings. The van der Waals surface area contributed by atoms with Crippen LogP contribution in [0.1, 0.15) is 32.8 Å². The molecule has 0 saturated carbocycles. The molecule has 0 unspecified atom stereocenters. The molecule has 2 amide bonds. The number of carbonyl (C=O) groups is 1. The van der Waals surface area contributed by atoms with Crippen molar-refractivity contribution in [3.63, 3.8) is 0 Å². The monoisotopic (exact) mass is 304 g/mol. The van der Waals surface area contributed by atoms with Gasteiger partial charge in [0.15, 0.2) is 0 Å². The molecule has 1 aromatic heterocycles. The van der Waals surface area contributed by atoms with Crippen LogP contribution in [0.25, 0.3) is 11.0 Å². The van der Waals surface area contributed by atoms with Crippen LogP contribution in [-0.2, 0) is 6.54 Å². The van der Waals surface area contributed by atoms with Gasteiger partial charge in [0, 0.05) is 24.0 Å². The van der Waals surface area contributed by atoms with E-state index >= 15 is 0 Å². The maximum Gasteiger partial charge on any atom is 0.315 e. The lowest BCUT2D eigenvalue weighted by molar-refractivity contribution is 0.129. The molecule has 0 aliphatic heterocycles. The third-order valence-electron chi connectivity index (χ3n) is 3.58. The average Bonchev–Trinajstić information content (AvgIpc) is 2.85. The van der Waals surface area contributed by atoms with Gasteiger partial charge in [0.2, 0.25) is 0 Å². The summed E-state index contributed by atoms with van der Waals surface area (Å²) in [6.07, 6.45) is 1.93. The summed E-state index contributed by atoms with van der Waals surface area (Å²) in [4.78, 5) is 11.9. The number of urea groups is 1. The van der Waals surface area contributed by atoms with Gasteiger partial charge in [-0.05, 0) is 24.8 Å². The number of carbonyl (C=O) groups excluding carboxylic acids is 1. The molecule has 5 heteroatoms. The van der Waals surface area contributed by atoms with Gasteiger partial charge < -0.3 is 20.2 Å². The van der Waals surface area contributed by atoms with E-state index in [4.69, 9.17) is 4.42 Å². The Morgan fingerprint density at radius 1 is 1.32 bits per heavy atom. The van der Waals surface area contributed by atoms with Crippen LogP contribution >= 0.6 is 0 Å². The van der Waals surface area contributed by atoms with Gasteiger partial charge in [0.1, 0.15) is 5.58 Å². The summed E-state index contributed by atoms with van der Waals surface area (Å²) in [6.45, 7) is 6.72. The number of hydrogen-bond acceptors (Lipinski definition) is 3. The first kappa shape index (κ1) is 16.4. The van der Waals surface area contributed by atoms with Gasteiger partial charge >= 0.3 is 6.03 Å². The lowest BCUT2D eigenvalue weighted by Crippen LogP contribution is -2.41. The number of hydrogen-bond donors (Lipinski definition) is 3. The van der Waals surface area contributed by atoms with E-state index in [9.17, 15) is 9.90 Å². The van der Waals surface area contributed by atoms with Gasteiger partial charge in [-0.1, -0.05) is 32.0 Å². The first-order valence-electron chi connectivity index (χ1n) is 7.52. The number of rotatable bonds is 6. The highest BCUT2D eigenvalue weighted by molar-refractivity contribution is 5.81. The molecule has 0 fully saturated rings. The smallest absolute Gasteiger partial charge is 0.315 e. The molecule has 0 aliphatic rings. The van der Waals surface area contributed by atoms with E-state index in [1.807, 2.05) is 38.1 Å². The van der Waals surface area contributed by atoms with E-state index in [-0.39, 0.29) is 17.6 Å². The summed E-state index contributed by atoms with van der Waals surface area (Å²) in [5.41, 5.74) is 1.63. The van der Waals surface area contributed by atoms with E-state index < -0.39 is 0 Å². The first-order chi connectivity index (χ1) is 10.4. The minimum absolute atomic E-state index is 0.145. The van der Waals surface area contributed by atoms with Crippen molar-refractivity contribution in [1.29, 1.82) is 0 Å². The molecule has 1 atom stereocenters. The highest BCUT2D eigenvalue weighted by atomic mass is 16.3. The van der Waals surface area contributed by atoms with Crippen LogP contribution in [0.5, 0.6) is 0 Å². The second-order valence-corrected chi connectivity index (χ2v) is 6.51. The van der Waals surface area contributed by atoms with E-state index in [0.717, 1.165) is 16.5 Å². The summed E-state index contributed by atoms with van der Waals surface area (Å²) >= 11 is 0. The minimum Gasteiger partial charge on any atom is -0.464 e. The molecule has 0 saturated heterocycles. The summed E-state index contributed by atoms with van der Waals surface area (Å²) in [5, 5.41) is 16.1. The normalized spacial score (nSPS) is 13.1. The zero-order valence-corrected chi connectivity index (χ0v) is 13.3. The van der Waals surface area contributed by atoms with Gasteiger partial charge in [0.05, 0.1) is 12.4 Å². The Morgan fingerprint density at radius 2 is 2.05 bits per heavy atom. The van der Waals surface area contributed by atoms with Gasteiger partial charge in [-0.15, -0.1) is 0 Å². The van der Waals surface area contributed by atoms with E-state index in [0.29, 0.717) is 19.5 Å². The van der Waals surface area contributed by atoms with Crippen molar-refractivity contribution in [2.75, 3.05) is 6.54 Å². The topological polar surface area (TPSA) is 74.5 Å². The molecule has 1 aromatic carbocycles. The van der Waals surface area contributed by atoms with Crippen LogP contribution in [0.3, 0.4) is 0 Å². The van der Waals surface area contributed by atoms with Crippen molar-refractivity contribution in [2.45, 2.75) is 39.8 Å². The van der Waals surface area contributed by atoms with E-state index in [2.05, 4.69) is 10.6 Å². The molecular formula is C17H24N2O3. The Bertz CT molecular complexity index is 632. The maximum absolute atomic E-state index is 11.9. The number of nitrogens with one attached hydrogen (secondary N) is 2. The Morgan fingerprint density at radius 3 is 2.77 bits per heavy atom. The highest BCUT2D eigenvalue weighted by Gasteiger charge is 2.21. The van der Waals surface area contributed by atoms with E-state index in [1.54, 1.807) is 13.2 Å². The predicted molar refractivity (Wildman–Crippen MR) is 86.5 cm³/mol. The van der Waals surface area contributed by atoms with Crippen molar-refractivity contribution in [2.24, 2.45) is 5.41 Å². The third kappa shape index (κ3) is 4.49. The molecule has 2 rings (SSSR count). The number of para-hydroxylation sites is 1. The summed E-state index contributed by atoms with van der Waals surface area (Å²) in [6, 6.07) is 7.51. The minimum atomic E-state index is -0.378. The lowest BCUT2D eigenvalue weighted by atomic mass is 9.87. The average molecular weight is 304 g/mol. The Hall–Kier alpha value is -2.01. The Balaban J connectivity index is 1.83. The third-order valence-corrected chi connectivity index (χ3v) is 3.58. The fourth-order valence-electron chi connectivity index (χ4n) is 2.60. The second kappa shape index (κ2) is 6.83. The van der Waals surface area contributed by atoms with Crippen molar-refractivity contribution in [3.8, 4) is 0 Å². The van der Waals surface area contributed by atoms with Gasteiger partial charge in [-0.3, -0.25) is 0 Å². The van der Waals surface area contributed by atoms with Crippen LogP contribution in [0, 0.1) is 5.41 Å². The van der Waals surface area contributed by atoms with Crippen LogP contribution in [0.2, 0.25) is 0 Å². The largest absolute Gasteiger partial charge is 0.464 e. The second-order valence-electron chi connectivity index (χ2n) is 6.51. The molecule has 120 valence electrons. The van der Waals surface area contributed by atoms with Crippen molar-refractivity contribution < 1.29 is 14.3 Å². The highest BCUT2D eigenvalue weighted by Crippen LogP contribution is 2.21. The van der Waals surface area contributed by atoms with Crippen molar-refractivity contribution >= 4 is 17.0 Å². The predicted octanol–water partition coefficient (Wildman–Crippen LogP) is 3.03. The number of fused-ring (bicyclic) bond motifs is 1. The van der Waals surface area contributed by atoms with Crippen LogP contribution in [-0.4, -0.2) is 23.8 Å². The molecule has 0 aliphatic carbocycles. The van der Waals surface area contributed by atoms with Crippen molar-refractivity contribution in [3.05, 3.63) is 36.1 Å². The lowest BCUT2D eigenvalue weighted by Gasteiger charge is -2.26. The molecule has 0 radical (unpaired) electrons. The van der Waals surface area contributed by atoms with Gasteiger partial charge in [-0.25, -0.2) is 4.79 Å². The Labute approximate surface area is 130 Å². The quantitative estimate of drug-likeness (QED) is 0.768.